The number of aromatic nitrogens is 2. The quantitative estimate of drug-likeness (QED) is 0.809. The summed E-state index contributed by atoms with van der Waals surface area (Å²) in [5.74, 6) is 0.966. The molecule has 15 heavy (non-hydrogen) atoms. The zero-order valence-electron chi connectivity index (χ0n) is 8.76. The van der Waals surface area contributed by atoms with Crippen molar-refractivity contribution in [2.45, 2.75) is 19.5 Å². The Bertz CT molecular complexity index is 366. The van der Waals surface area contributed by atoms with Crippen LogP contribution in [0, 0.1) is 0 Å². The predicted molar refractivity (Wildman–Crippen MR) is 57.4 cm³/mol. The fraction of sp³-hybridized carbons (Fsp3) is 0.364. The summed E-state index contributed by atoms with van der Waals surface area (Å²) < 4.78 is 7.30. The average Bonchev–Trinajstić information content (AvgIpc) is 2.90. The highest BCUT2D eigenvalue weighted by molar-refractivity contribution is 4.97. The second-order valence-corrected chi connectivity index (χ2v) is 3.57. The second kappa shape index (κ2) is 4.79. The van der Waals surface area contributed by atoms with Gasteiger partial charge < -0.3 is 14.3 Å². The lowest BCUT2D eigenvalue weighted by atomic mass is 10.3. The van der Waals surface area contributed by atoms with Crippen molar-refractivity contribution >= 4 is 0 Å². The molecule has 4 heteroatoms. The standard InChI is InChI=1S/C11H15N3O/c1-10(14-5-4-12-9-14)7-13-8-11-3-2-6-15-11/h2-6,9-10,13H,7-8H2,1H3. The Labute approximate surface area is 88.9 Å². The van der Waals surface area contributed by atoms with Crippen LogP contribution >= 0.6 is 0 Å². The third-order valence-corrected chi connectivity index (χ3v) is 2.35. The molecule has 2 rings (SSSR count). The number of furan rings is 1. The molecule has 4 nitrogen and oxygen atoms in total. The topological polar surface area (TPSA) is 43.0 Å². The van der Waals surface area contributed by atoms with Crippen molar-refractivity contribution in [1.82, 2.24) is 14.9 Å². The van der Waals surface area contributed by atoms with Gasteiger partial charge in [-0.2, -0.15) is 0 Å². The fourth-order valence-electron chi connectivity index (χ4n) is 1.45. The van der Waals surface area contributed by atoms with Crippen molar-refractivity contribution in [3.05, 3.63) is 42.9 Å². The van der Waals surface area contributed by atoms with Crippen LogP contribution in [0.15, 0.2) is 41.5 Å². The summed E-state index contributed by atoms with van der Waals surface area (Å²) in [5.41, 5.74) is 0. The zero-order valence-corrected chi connectivity index (χ0v) is 8.76. The lowest BCUT2D eigenvalue weighted by Gasteiger charge is -2.13. The molecule has 1 atom stereocenters. The number of imidazole rings is 1. The van der Waals surface area contributed by atoms with Gasteiger partial charge in [-0.05, 0) is 19.1 Å². The fourth-order valence-corrected chi connectivity index (χ4v) is 1.45. The highest BCUT2D eigenvalue weighted by atomic mass is 16.3. The third-order valence-electron chi connectivity index (χ3n) is 2.35. The third kappa shape index (κ3) is 2.70. The largest absolute Gasteiger partial charge is 0.468 e. The van der Waals surface area contributed by atoms with Gasteiger partial charge in [-0.15, -0.1) is 0 Å². The molecule has 2 heterocycles. The van der Waals surface area contributed by atoms with E-state index in [0.717, 1.165) is 18.8 Å². The number of hydrogen-bond donors (Lipinski definition) is 1. The first-order chi connectivity index (χ1) is 7.36. The van der Waals surface area contributed by atoms with Crippen molar-refractivity contribution in [2.75, 3.05) is 6.54 Å². The lowest BCUT2D eigenvalue weighted by molar-refractivity contribution is 0.447. The van der Waals surface area contributed by atoms with E-state index in [0.29, 0.717) is 6.04 Å². The first-order valence-corrected chi connectivity index (χ1v) is 5.07. The first-order valence-electron chi connectivity index (χ1n) is 5.07. The molecule has 0 spiro atoms. The van der Waals surface area contributed by atoms with E-state index < -0.39 is 0 Å². The lowest BCUT2D eigenvalue weighted by Crippen LogP contribution is -2.22. The Hall–Kier alpha value is -1.55. The molecular formula is C11H15N3O. The summed E-state index contributed by atoms with van der Waals surface area (Å²) in [6, 6.07) is 4.27. The minimum atomic E-state index is 0.405. The van der Waals surface area contributed by atoms with Gasteiger partial charge in [0.25, 0.3) is 0 Å². The molecule has 1 N–H and O–H groups in total. The van der Waals surface area contributed by atoms with Gasteiger partial charge in [0, 0.05) is 25.0 Å². The van der Waals surface area contributed by atoms with Crippen LogP contribution in [0.4, 0.5) is 0 Å². The Morgan fingerprint density at radius 3 is 3.20 bits per heavy atom. The zero-order chi connectivity index (χ0) is 10.5. The molecule has 0 saturated carbocycles. The Morgan fingerprint density at radius 1 is 1.60 bits per heavy atom. The molecule has 0 saturated heterocycles. The van der Waals surface area contributed by atoms with E-state index >= 15 is 0 Å². The maximum absolute atomic E-state index is 5.22. The van der Waals surface area contributed by atoms with Gasteiger partial charge in [0.05, 0.1) is 19.1 Å². The van der Waals surface area contributed by atoms with E-state index in [9.17, 15) is 0 Å². The van der Waals surface area contributed by atoms with Crippen molar-refractivity contribution in [2.24, 2.45) is 0 Å². The van der Waals surface area contributed by atoms with Gasteiger partial charge >= 0.3 is 0 Å². The molecule has 0 amide bonds. The second-order valence-electron chi connectivity index (χ2n) is 3.57. The molecular weight excluding hydrogens is 190 g/mol. The summed E-state index contributed by atoms with van der Waals surface area (Å²) in [6.07, 6.45) is 7.29. The van der Waals surface area contributed by atoms with E-state index in [1.54, 1.807) is 12.5 Å². The predicted octanol–water partition coefficient (Wildman–Crippen LogP) is 1.83. The van der Waals surface area contributed by atoms with Crippen molar-refractivity contribution < 1.29 is 4.42 Å². The molecule has 0 aliphatic heterocycles. The molecule has 0 aromatic carbocycles. The van der Waals surface area contributed by atoms with E-state index in [-0.39, 0.29) is 0 Å². The van der Waals surface area contributed by atoms with Gasteiger partial charge in [-0.1, -0.05) is 0 Å². The normalized spacial score (nSPS) is 12.9. The van der Waals surface area contributed by atoms with Gasteiger partial charge in [0.1, 0.15) is 5.76 Å². The van der Waals surface area contributed by atoms with Crippen LogP contribution in [0.3, 0.4) is 0 Å². The van der Waals surface area contributed by atoms with E-state index in [1.807, 2.05) is 24.7 Å². The van der Waals surface area contributed by atoms with Crippen LogP contribution in [-0.2, 0) is 6.54 Å². The molecule has 0 aliphatic carbocycles. The van der Waals surface area contributed by atoms with Crippen molar-refractivity contribution in [3.63, 3.8) is 0 Å². The van der Waals surface area contributed by atoms with Crippen LogP contribution in [-0.4, -0.2) is 16.1 Å². The van der Waals surface area contributed by atoms with Gasteiger partial charge in [0.15, 0.2) is 0 Å². The smallest absolute Gasteiger partial charge is 0.117 e. The number of nitrogens with zero attached hydrogens (tertiary/aromatic N) is 2. The summed E-state index contributed by atoms with van der Waals surface area (Å²) in [6.45, 7) is 3.82. The highest BCUT2D eigenvalue weighted by Gasteiger charge is 2.03. The van der Waals surface area contributed by atoms with Gasteiger partial charge in [0.2, 0.25) is 0 Å². The molecule has 2 aromatic heterocycles. The van der Waals surface area contributed by atoms with Crippen molar-refractivity contribution in [3.8, 4) is 0 Å². The molecule has 0 radical (unpaired) electrons. The maximum atomic E-state index is 5.22. The van der Waals surface area contributed by atoms with Gasteiger partial charge in [-0.3, -0.25) is 0 Å². The van der Waals surface area contributed by atoms with Gasteiger partial charge in [-0.25, -0.2) is 4.98 Å². The maximum Gasteiger partial charge on any atom is 0.117 e. The van der Waals surface area contributed by atoms with Crippen LogP contribution in [0.1, 0.15) is 18.7 Å². The van der Waals surface area contributed by atoms with E-state index in [1.165, 1.54) is 0 Å². The monoisotopic (exact) mass is 205 g/mol. The van der Waals surface area contributed by atoms with E-state index in [2.05, 4.69) is 21.8 Å². The minimum absolute atomic E-state index is 0.405. The minimum Gasteiger partial charge on any atom is -0.468 e. The van der Waals surface area contributed by atoms with Crippen LogP contribution < -0.4 is 5.32 Å². The van der Waals surface area contributed by atoms with E-state index in [4.69, 9.17) is 4.42 Å². The Kier molecular flexibility index (Phi) is 3.19. The SMILES string of the molecule is CC(CNCc1ccco1)n1ccnc1. The summed E-state index contributed by atoms with van der Waals surface area (Å²) in [4.78, 5) is 4.02. The number of rotatable bonds is 5. The van der Waals surface area contributed by atoms with Crippen LogP contribution in [0.2, 0.25) is 0 Å². The Balaban J connectivity index is 1.74. The van der Waals surface area contributed by atoms with Crippen LogP contribution in [0.5, 0.6) is 0 Å². The molecule has 0 bridgehead atoms. The number of nitrogens with one attached hydrogen (secondary N) is 1. The molecule has 0 fully saturated rings. The Morgan fingerprint density at radius 2 is 2.53 bits per heavy atom. The molecule has 80 valence electrons. The molecule has 2 aromatic rings. The van der Waals surface area contributed by atoms with Crippen molar-refractivity contribution in [1.29, 1.82) is 0 Å². The summed E-state index contributed by atoms with van der Waals surface area (Å²) in [7, 11) is 0. The van der Waals surface area contributed by atoms with Crippen LogP contribution in [0.25, 0.3) is 0 Å². The number of hydrogen-bond acceptors (Lipinski definition) is 3. The first kappa shape index (κ1) is 9.98. The summed E-state index contributed by atoms with van der Waals surface area (Å²) in [5, 5.41) is 3.33. The molecule has 0 aliphatic rings. The average molecular weight is 205 g/mol. The summed E-state index contributed by atoms with van der Waals surface area (Å²) >= 11 is 0. The molecule has 1 unspecified atom stereocenters. The highest BCUT2D eigenvalue weighted by Crippen LogP contribution is 2.03.